The molecule has 1 heterocycles. The van der Waals surface area contributed by atoms with Crippen LogP contribution in [0, 0.1) is 5.82 Å². The van der Waals surface area contributed by atoms with E-state index < -0.39 is 15.7 Å². The van der Waals surface area contributed by atoms with Crippen LogP contribution in [-0.4, -0.2) is 13.4 Å². The standard InChI is InChI=1S/C16H13FN2O2S2/c17-13-5-7-14(8-6-13)23(20,21)10-11-1-3-12(4-2-11)15-9-19-16(18)22-15/h1-9H,10H2,(H2,18,19). The zero-order valence-corrected chi connectivity index (χ0v) is 13.6. The molecule has 2 aromatic carbocycles. The molecule has 0 unspecified atom stereocenters. The molecular weight excluding hydrogens is 335 g/mol. The molecule has 7 heteroatoms. The van der Waals surface area contributed by atoms with Gasteiger partial charge in [0.15, 0.2) is 15.0 Å². The van der Waals surface area contributed by atoms with Crippen molar-refractivity contribution >= 4 is 26.3 Å². The fourth-order valence-electron chi connectivity index (χ4n) is 2.13. The third kappa shape index (κ3) is 3.57. The number of nitrogens with two attached hydrogens (primary N) is 1. The molecule has 0 saturated heterocycles. The van der Waals surface area contributed by atoms with Gasteiger partial charge in [0.05, 0.1) is 15.5 Å². The molecule has 0 atom stereocenters. The molecule has 0 aliphatic carbocycles. The van der Waals surface area contributed by atoms with E-state index in [2.05, 4.69) is 4.98 Å². The normalized spacial score (nSPS) is 11.5. The first-order chi connectivity index (χ1) is 10.9. The molecule has 3 aromatic rings. The predicted octanol–water partition coefficient (Wildman–Crippen LogP) is 3.51. The zero-order chi connectivity index (χ0) is 16.4. The summed E-state index contributed by atoms with van der Waals surface area (Å²) >= 11 is 1.37. The fraction of sp³-hybridized carbons (Fsp3) is 0.0625. The zero-order valence-electron chi connectivity index (χ0n) is 11.9. The lowest BCUT2D eigenvalue weighted by atomic mass is 10.1. The number of anilines is 1. The molecule has 2 N–H and O–H groups in total. The fourth-order valence-corrected chi connectivity index (χ4v) is 4.17. The second-order valence-electron chi connectivity index (χ2n) is 4.97. The summed E-state index contributed by atoms with van der Waals surface area (Å²) in [6, 6.07) is 12.0. The Morgan fingerprint density at radius 2 is 1.70 bits per heavy atom. The average Bonchev–Trinajstić information content (AvgIpc) is 2.95. The Morgan fingerprint density at radius 3 is 2.26 bits per heavy atom. The summed E-state index contributed by atoms with van der Waals surface area (Å²) in [5, 5.41) is 0.489. The molecule has 0 aliphatic heterocycles. The van der Waals surface area contributed by atoms with E-state index in [0.717, 1.165) is 22.6 Å². The van der Waals surface area contributed by atoms with Crippen molar-refractivity contribution in [3.63, 3.8) is 0 Å². The Kier molecular flexibility index (Phi) is 4.14. The predicted molar refractivity (Wildman–Crippen MR) is 89.3 cm³/mol. The molecular formula is C16H13FN2O2S2. The third-order valence-electron chi connectivity index (χ3n) is 3.29. The molecule has 0 amide bonds. The quantitative estimate of drug-likeness (QED) is 0.732. The smallest absolute Gasteiger partial charge is 0.182 e. The van der Waals surface area contributed by atoms with Gasteiger partial charge in [0, 0.05) is 6.20 Å². The lowest BCUT2D eigenvalue weighted by molar-refractivity contribution is 0.594. The number of nitrogen functional groups attached to an aromatic ring is 1. The minimum absolute atomic E-state index is 0.109. The van der Waals surface area contributed by atoms with Crippen LogP contribution in [-0.2, 0) is 15.6 Å². The number of halogens is 1. The lowest BCUT2D eigenvalue weighted by Crippen LogP contribution is -2.04. The molecule has 0 fully saturated rings. The summed E-state index contributed by atoms with van der Waals surface area (Å²) in [6.07, 6.45) is 1.68. The number of aromatic nitrogens is 1. The Balaban J connectivity index is 1.81. The first kappa shape index (κ1) is 15.6. The molecule has 0 saturated carbocycles. The van der Waals surface area contributed by atoms with Crippen LogP contribution < -0.4 is 5.73 Å². The highest BCUT2D eigenvalue weighted by molar-refractivity contribution is 7.90. The molecule has 118 valence electrons. The van der Waals surface area contributed by atoms with Crippen molar-refractivity contribution in [1.29, 1.82) is 0 Å². The Hall–Kier alpha value is -2.25. The van der Waals surface area contributed by atoms with E-state index in [-0.39, 0.29) is 10.6 Å². The number of rotatable bonds is 4. The van der Waals surface area contributed by atoms with Gasteiger partial charge >= 0.3 is 0 Å². The van der Waals surface area contributed by atoms with Crippen molar-refractivity contribution in [2.45, 2.75) is 10.6 Å². The van der Waals surface area contributed by atoms with Crippen molar-refractivity contribution < 1.29 is 12.8 Å². The minimum atomic E-state index is -3.50. The van der Waals surface area contributed by atoms with Crippen molar-refractivity contribution in [2.24, 2.45) is 0 Å². The highest BCUT2D eigenvalue weighted by Gasteiger charge is 2.15. The minimum Gasteiger partial charge on any atom is -0.375 e. The van der Waals surface area contributed by atoms with Crippen molar-refractivity contribution in [3.05, 3.63) is 66.1 Å². The molecule has 23 heavy (non-hydrogen) atoms. The summed E-state index contributed by atoms with van der Waals surface area (Å²) in [4.78, 5) is 5.03. The van der Waals surface area contributed by atoms with Gasteiger partial charge in [-0.1, -0.05) is 35.6 Å². The first-order valence-electron chi connectivity index (χ1n) is 6.73. The van der Waals surface area contributed by atoms with E-state index in [1.54, 1.807) is 18.3 Å². The van der Waals surface area contributed by atoms with Crippen molar-refractivity contribution in [3.8, 4) is 10.4 Å². The Labute approximate surface area is 137 Å². The molecule has 0 bridgehead atoms. The number of sulfone groups is 1. The maximum Gasteiger partial charge on any atom is 0.182 e. The van der Waals surface area contributed by atoms with E-state index in [4.69, 9.17) is 5.73 Å². The average molecular weight is 348 g/mol. The van der Waals surface area contributed by atoms with Crippen LogP contribution in [0.5, 0.6) is 0 Å². The maximum absolute atomic E-state index is 12.9. The molecule has 0 spiro atoms. The first-order valence-corrected chi connectivity index (χ1v) is 9.20. The largest absolute Gasteiger partial charge is 0.375 e. The third-order valence-corrected chi connectivity index (χ3v) is 5.87. The van der Waals surface area contributed by atoms with Crippen molar-refractivity contribution in [2.75, 3.05) is 5.73 Å². The van der Waals surface area contributed by atoms with Crippen LogP contribution >= 0.6 is 11.3 Å². The van der Waals surface area contributed by atoms with Crippen LogP contribution in [0.25, 0.3) is 10.4 Å². The van der Waals surface area contributed by atoms with Gasteiger partial charge in [-0.15, -0.1) is 0 Å². The second-order valence-corrected chi connectivity index (χ2v) is 8.02. The summed E-state index contributed by atoms with van der Waals surface area (Å²) in [5.74, 6) is -0.596. The Morgan fingerprint density at radius 1 is 1.04 bits per heavy atom. The number of hydrogen-bond acceptors (Lipinski definition) is 5. The number of benzene rings is 2. The van der Waals surface area contributed by atoms with E-state index >= 15 is 0 Å². The topological polar surface area (TPSA) is 73.0 Å². The van der Waals surface area contributed by atoms with E-state index in [1.807, 2.05) is 12.1 Å². The molecule has 4 nitrogen and oxygen atoms in total. The van der Waals surface area contributed by atoms with Gasteiger partial charge < -0.3 is 5.73 Å². The van der Waals surface area contributed by atoms with Gasteiger partial charge in [0.2, 0.25) is 0 Å². The lowest BCUT2D eigenvalue weighted by Gasteiger charge is -2.05. The van der Waals surface area contributed by atoms with Crippen LogP contribution in [0.2, 0.25) is 0 Å². The van der Waals surface area contributed by atoms with Crippen LogP contribution in [0.1, 0.15) is 5.56 Å². The van der Waals surface area contributed by atoms with Crippen LogP contribution in [0.3, 0.4) is 0 Å². The summed E-state index contributed by atoms with van der Waals surface area (Å²) < 4.78 is 37.5. The summed E-state index contributed by atoms with van der Waals surface area (Å²) in [5.41, 5.74) is 7.20. The number of thiazole rings is 1. The van der Waals surface area contributed by atoms with Gasteiger partial charge in [0.1, 0.15) is 5.82 Å². The number of nitrogens with zero attached hydrogens (tertiary/aromatic N) is 1. The van der Waals surface area contributed by atoms with Crippen molar-refractivity contribution in [1.82, 2.24) is 4.98 Å². The molecule has 0 radical (unpaired) electrons. The summed E-state index contributed by atoms with van der Waals surface area (Å²) in [7, 11) is -3.50. The maximum atomic E-state index is 12.9. The van der Waals surface area contributed by atoms with E-state index in [9.17, 15) is 12.8 Å². The highest BCUT2D eigenvalue weighted by Crippen LogP contribution is 2.28. The van der Waals surface area contributed by atoms with E-state index in [1.165, 1.54) is 23.5 Å². The van der Waals surface area contributed by atoms with Gasteiger partial charge in [0.25, 0.3) is 0 Å². The molecule has 1 aromatic heterocycles. The molecule has 3 rings (SSSR count). The molecule has 0 aliphatic rings. The Bertz CT molecular complexity index is 917. The van der Waals surface area contributed by atoms with Gasteiger partial charge in [-0.3, -0.25) is 0 Å². The van der Waals surface area contributed by atoms with Crippen LogP contribution in [0.15, 0.2) is 59.6 Å². The second kappa shape index (κ2) is 6.10. The monoisotopic (exact) mass is 348 g/mol. The number of hydrogen-bond donors (Lipinski definition) is 1. The van der Waals surface area contributed by atoms with Gasteiger partial charge in [-0.2, -0.15) is 0 Å². The van der Waals surface area contributed by atoms with E-state index in [0.29, 0.717) is 10.7 Å². The summed E-state index contributed by atoms with van der Waals surface area (Å²) in [6.45, 7) is 0. The SMILES string of the molecule is Nc1ncc(-c2ccc(CS(=O)(=O)c3ccc(F)cc3)cc2)s1. The van der Waals surface area contributed by atoms with Gasteiger partial charge in [-0.05, 0) is 35.4 Å². The van der Waals surface area contributed by atoms with Gasteiger partial charge in [-0.25, -0.2) is 17.8 Å². The highest BCUT2D eigenvalue weighted by atomic mass is 32.2. The van der Waals surface area contributed by atoms with Crippen LogP contribution in [0.4, 0.5) is 9.52 Å².